The standard InChI is InChI=1S/C21H18ClN3O3/c1-11-8-18(28-24-11)20(26)19-15-9-14(16(22)10-17(15)23-21(19)27)12-4-6-13(7-5-12)25(2)3/h4-10,26H,1-3H3,(H,23,27). The summed E-state index contributed by atoms with van der Waals surface area (Å²) in [6.45, 7) is 1.74. The molecule has 0 fully saturated rings. The summed E-state index contributed by atoms with van der Waals surface area (Å²) in [5.74, 6) is -0.534. The smallest absolute Gasteiger partial charge is 0.260 e. The zero-order chi connectivity index (χ0) is 20.0. The van der Waals surface area contributed by atoms with Crippen molar-refractivity contribution in [2.75, 3.05) is 24.3 Å². The number of carbonyl (C=O) groups is 1. The van der Waals surface area contributed by atoms with Crippen molar-refractivity contribution in [3.05, 3.63) is 64.5 Å². The number of halogens is 1. The highest BCUT2D eigenvalue weighted by molar-refractivity contribution is 6.38. The fourth-order valence-corrected chi connectivity index (χ4v) is 3.46. The largest absolute Gasteiger partial charge is 0.504 e. The number of benzene rings is 2. The van der Waals surface area contributed by atoms with Gasteiger partial charge in [-0.25, -0.2) is 0 Å². The Kier molecular flexibility index (Phi) is 4.35. The van der Waals surface area contributed by atoms with Crippen LogP contribution in [0.5, 0.6) is 0 Å². The molecule has 0 spiro atoms. The Labute approximate surface area is 167 Å². The van der Waals surface area contributed by atoms with E-state index < -0.39 is 5.91 Å². The topological polar surface area (TPSA) is 78.6 Å². The van der Waals surface area contributed by atoms with Gasteiger partial charge in [-0.2, -0.15) is 0 Å². The van der Waals surface area contributed by atoms with Gasteiger partial charge in [0, 0.05) is 37.0 Å². The van der Waals surface area contributed by atoms with E-state index in [4.69, 9.17) is 16.1 Å². The molecular formula is C21H18ClN3O3. The minimum absolute atomic E-state index is 0.133. The van der Waals surface area contributed by atoms with Crippen molar-refractivity contribution in [1.29, 1.82) is 0 Å². The Balaban J connectivity index is 1.84. The highest BCUT2D eigenvalue weighted by atomic mass is 35.5. The normalized spacial score (nSPS) is 14.6. The van der Waals surface area contributed by atoms with Gasteiger partial charge in [-0.1, -0.05) is 28.9 Å². The van der Waals surface area contributed by atoms with Crippen molar-refractivity contribution in [3.8, 4) is 11.1 Å². The van der Waals surface area contributed by atoms with Gasteiger partial charge in [0.1, 0.15) is 0 Å². The van der Waals surface area contributed by atoms with Crippen LogP contribution in [0.2, 0.25) is 5.02 Å². The molecule has 1 amide bonds. The Morgan fingerprint density at radius 3 is 2.46 bits per heavy atom. The van der Waals surface area contributed by atoms with E-state index in [0.717, 1.165) is 16.8 Å². The first-order valence-corrected chi connectivity index (χ1v) is 9.03. The minimum Gasteiger partial charge on any atom is -0.504 e. The molecular weight excluding hydrogens is 378 g/mol. The summed E-state index contributed by atoms with van der Waals surface area (Å²) in [7, 11) is 3.94. The Bertz CT molecular complexity index is 1110. The van der Waals surface area contributed by atoms with Gasteiger partial charge in [-0.3, -0.25) is 4.79 Å². The third-order valence-electron chi connectivity index (χ3n) is 4.64. The molecule has 6 nitrogen and oxygen atoms in total. The molecule has 0 atom stereocenters. The van der Waals surface area contributed by atoms with Gasteiger partial charge < -0.3 is 19.8 Å². The van der Waals surface area contributed by atoms with Crippen molar-refractivity contribution >= 4 is 40.2 Å². The summed E-state index contributed by atoms with van der Waals surface area (Å²) in [6.07, 6.45) is 0. The summed E-state index contributed by atoms with van der Waals surface area (Å²) in [4.78, 5) is 14.5. The monoisotopic (exact) mass is 395 g/mol. The molecule has 0 unspecified atom stereocenters. The number of carbonyl (C=O) groups excluding carboxylic acids is 1. The highest BCUT2D eigenvalue weighted by Crippen LogP contribution is 2.42. The lowest BCUT2D eigenvalue weighted by Crippen LogP contribution is -2.07. The fraction of sp³-hybridized carbons (Fsp3) is 0.143. The van der Waals surface area contributed by atoms with Crippen LogP contribution in [-0.2, 0) is 4.79 Å². The third-order valence-corrected chi connectivity index (χ3v) is 4.96. The van der Waals surface area contributed by atoms with Crippen LogP contribution in [0.25, 0.3) is 22.5 Å². The van der Waals surface area contributed by atoms with Gasteiger partial charge in [-0.15, -0.1) is 0 Å². The number of aryl methyl sites for hydroxylation is 1. The average Bonchev–Trinajstić information content (AvgIpc) is 3.23. The van der Waals surface area contributed by atoms with E-state index in [1.165, 1.54) is 0 Å². The number of aliphatic hydroxyl groups is 1. The molecule has 1 aromatic heterocycles. The summed E-state index contributed by atoms with van der Waals surface area (Å²) in [5, 5.41) is 17.6. The molecule has 0 saturated heterocycles. The second-order valence-electron chi connectivity index (χ2n) is 6.83. The maximum atomic E-state index is 12.5. The number of rotatable bonds is 3. The number of aromatic nitrogens is 1. The van der Waals surface area contributed by atoms with Crippen LogP contribution in [0.1, 0.15) is 17.0 Å². The van der Waals surface area contributed by atoms with Crippen molar-refractivity contribution in [3.63, 3.8) is 0 Å². The summed E-state index contributed by atoms with van der Waals surface area (Å²) >= 11 is 6.47. The SMILES string of the molecule is Cc1cc(C(O)=C2C(=O)Nc3cc(Cl)c(-c4ccc(N(C)C)cc4)cc32)on1. The lowest BCUT2D eigenvalue weighted by Gasteiger charge is -2.14. The van der Waals surface area contributed by atoms with E-state index >= 15 is 0 Å². The molecule has 1 aliphatic heterocycles. The number of aliphatic hydroxyl groups excluding tert-OH is 1. The van der Waals surface area contributed by atoms with Crippen molar-refractivity contribution < 1.29 is 14.4 Å². The van der Waals surface area contributed by atoms with Crippen LogP contribution < -0.4 is 10.2 Å². The van der Waals surface area contributed by atoms with Crippen LogP contribution in [0, 0.1) is 6.92 Å². The molecule has 2 N–H and O–H groups in total. The first kappa shape index (κ1) is 18.1. The maximum Gasteiger partial charge on any atom is 0.260 e. The molecule has 0 bridgehead atoms. The van der Waals surface area contributed by atoms with Crippen molar-refractivity contribution in [2.24, 2.45) is 0 Å². The molecule has 2 aromatic carbocycles. The second kappa shape index (κ2) is 6.73. The molecule has 0 radical (unpaired) electrons. The van der Waals surface area contributed by atoms with Gasteiger partial charge in [0.05, 0.1) is 22.0 Å². The zero-order valence-corrected chi connectivity index (χ0v) is 16.3. The van der Waals surface area contributed by atoms with Crippen LogP contribution in [-0.4, -0.2) is 30.3 Å². The fourth-order valence-electron chi connectivity index (χ4n) is 3.18. The lowest BCUT2D eigenvalue weighted by atomic mass is 9.98. The Morgan fingerprint density at radius 2 is 1.86 bits per heavy atom. The molecule has 0 aliphatic carbocycles. The lowest BCUT2D eigenvalue weighted by molar-refractivity contribution is -0.110. The molecule has 7 heteroatoms. The summed E-state index contributed by atoms with van der Waals surface area (Å²) in [5.41, 5.74) is 4.59. The Hall–Kier alpha value is -3.25. The van der Waals surface area contributed by atoms with Gasteiger partial charge in [0.15, 0.2) is 5.76 Å². The summed E-state index contributed by atoms with van der Waals surface area (Å²) < 4.78 is 5.11. The Morgan fingerprint density at radius 1 is 1.14 bits per heavy atom. The maximum absolute atomic E-state index is 12.5. The molecule has 4 rings (SSSR count). The third kappa shape index (κ3) is 3.01. The van der Waals surface area contributed by atoms with Gasteiger partial charge in [0.2, 0.25) is 5.76 Å². The average molecular weight is 396 g/mol. The van der Waals surface area contributed by atoms with Crippen molar-refractivity contribution in [2.45, 2.75) is 6.92 Å². The second-order valence-corrected chi connectivity index (χ2v) is 7.24. The number of nitrogens with zero attached hydrogens (tertiary/aromatic N) is 2. The van der Waals surface area contributed by atoms with Gasteiger partial charge in [0.25, 0.3) is 5.91 Å². The van der Waals surface area contributed by atoms with Crippen molar-refractivity contribution in [1.82, 2.24) is 5.16 Å². The number of amides is 1. The van der Waals surface area contributed by atoms with Crippen LogP contribution >= 0.6 is 11.6 Å². The van der Waals surface area contributed by atoms with E-state index in [1.807, 2.05) is 43.3 Å². The number of hydrogen-bond acceptors (Lipinski definition) is 5. The number of hydrogen-bond donors (Lipinski definition) is 2. The van der Waals surface area contributed by atoms with E-state index in [1.54, 1.807) is 25.1 Å². The van der Waals surface area contributed by atoms with Gasteiger partial charge >= 0.3 is 0 Å². The molecule has 1 aliphatic rings. The first-order valence-electron chi connectivity index (χ1n) is 8.65. The van der Waals surface area contributed by atoms with E-state index in [-0.39, 0.29) is 17.1 Å². The highest BCUT2D eigenvalue weighted by Gasteiger charge is 2.31. The number of nitrogens with one attached hydrogen (secondary N) is 1. The molecule has 3 aromatic rings. The first-order chi connectivity index (χ1) is 13.3. The predicted octanol–water partition coefficient (Wildman–Crippen LogP) is 4.75. The zero-order valence-electron chi connectivity index (χ0n) is 15.6. The van der Waals surface area contributed by atoms with E-state index in [2.05, 4.69) is 10.5 Å². The minimum atomic E-state index is -0.419. The number of anilines is 2. The molecule has 28 heavy (non-hydrogen) atoms. The van der Waals surface area contributed by atoms with Crippen LogP contribution in [0.15, 0.2) is 47.0 Å². The quantitative estimate of drug-likeness (QED) is 0.494. The molecule has 2 heterocycles. The summed E-state index contributed by atoms with van der Waals surface area (Å²) in [6, 6.07) is 13.0. The van der Waals surface area contributed by atoms with E-state index in [9.17, 15) is 9.90 Å². The number of fused-ring (bicyclic) bond motifs is 1. The molecule has 0 saturated carbocycles. The van der Waals surface area contributed by atoms with Crippen LogP contribution in [0.4, 0.5) is 11.4 Å². The predicted molar refractivity (Wildman–Crippen MR) is 111 cm³/mol. The molecule has 142 valence electrons. The van der Waals surface area contributed by atoms with Gasteiger partial charge in [-0.05, 0) is 36.8 Å². The van der Waals surface area contributed by atoms with E-state index in [0.29, 0.717) is 22.0 Å². The van der Waals surface area contributed by atoms with Crippen LogP contribution in [0.3, 0.4) is 0 Å².